The molecule has 1 atom stereocenters. The van der Waals surface area contributed by atoms with Gasteiger partial charge in [0.1, 0.15) is 0 Å². The van der Waals surface area contributed by atoms with Crippen molar-refractivity contribution in [2.45, 2.75) is 25.3 Å². The molecule has 2 aliphatic rings. The fourth-order valence-electron chi connectivity index (χ4n) is 1.17. The fraction of sp³-hybridized carbons (Fsp3) is 0.833. The highest BCUT2D eigenvalue weighted by molar-refractivity contribution is 5.83. The fourth-order valence-corrected chi connectivity index (χ4v) is 1.17. The van der Waals surface area contributed by atoms with E-state index in [-0.39, 0.29) is 5.91 Å². The Kier molecular flexibility index (Phi) is 0.678. The molecule has 1 heterocycles. The number of amides is 1. The third-order valence-electron chi connectivity index (χ3n) is 1.94. The monoisotopic (exact) mass is 111 g/mol. The van der Waals surface area contributed by atoms with Gasteiger partial charge in [0.25, 0.3) is 0 Å². The van der Waals surface area contributed by atoms with Gasteiger partial charge >= 0.3 is 0 Å². The average molecular weight is 111 g/mol. The highest BCUT2D eigenvalue weighted by Crippen LogP contribution is 2.36. The first-order chi connectivity index (χ1) is 3.86. The summed E-state index contributed by atoms with van der Waals surface area (Å²) in [6.45, 7) is 0. The zero-order valence-electron chi connectivity index (χ0n) is 4.68. The molecule has 1 N–H and O–H groups in total. The molecule has 1 aliphatic carbocycles. The molecular weight excluding hydrogens is 102 g/mol. The van der Waals surface area contributed by atoms with Crippen molar-refractivity contribution in [1.29, 1.82) is 0 Å². The molecule has 1 amide bonds. The van der Waals surface area contributed by atoms with Crippen LogP contribution in [0.4, 0.5) is 0 Å². The van der Waals surface area contributed by atoms with Crippen LogP contribution < -0.4 is 5.32 Å². The Morgan fingerprint density at radius 2 is 2.12 bits per heavy atom. The lowest BCUT2D eigenvalue weighted by Crippen LogP contribution is -2.49. The van der Waals surface area contributed by atoms with Crippen molar-refractivity contribution in [3.8, 4) is 0 Å². The molecule has 1 saturated carbocycles. The Labute approximate surface area is 48.3 Å². The summed E-state index contributed by atoms with van der Waals surface area (Å²) < 4.78 is 0. The summed E-state index contributed by atoms with van der Waals surface area (Å²) in [6.07, 6.45) is 3.47. The van der Waals surface area contributed by atoms with E-state index in [2.05, 4.69) is 5.32 Å². The standard InChI is InChI=1S/C6H9NO/c8-6-3-5(7-6)4-1-2-4/h4-5H,1-3H2,(H,7,8)/t5-/m1/s1. The zero-order valence-corrected chi connectivity index (χ0v) is 4.68. The molecular formula is C6H9NO. The number of hydrogen-bond donors (Lipinski definition) is 1. The summed E-state index contributed by atoms with van der Waals surface area (Å²) >= 11 is 0. The molecule has 2 heteroatoms. The van der Waals surface area contributed by atoms with Crippen molar-refractivity contribution in [1.82, 2.24) is 5.32 Å². The van der Waals surface area contributed by atoms with Gasteiger partial charge < -0.3 is 5.32 Å². The number of β-lactam (4-membered cyclic amide) rings is 1. The van der Waals surface area contributed by atoms with Gasteiger partial charge in [-0.3, -0.25) is 4.79 Å². The Morgan fingerprint density at radius 3 is 2.50 bits per heavy atom. The maximum atomic E-state index is 10.3. The van der Waals surface area contributed by atoms with Gasteiger partial charge in [0.05, 0.1) is 0 Å². The first kappa shape index (κ1) is 4.36. The van der Waals surface area contributed by atoms with Crippen LogP contribution >= 0.6 is 0 Å². The highest BCUT2D eigenvalue weighted by Gasteiger charge is 2.38. The number of carbonyl (C=O) groups excluding carboxylic acids is 1. The van der Waals surface area contributed by atoms with Gasteiger partial charge in [0, 0.05) is 12.5 Å². The van der Waals surface area contributed by atoms with Gasteiger partial charge in [-0.25, -0.2) is 0 Å². The molecule has 2 fully saturated rings. The summed E-state index contributed by atoms with van der Waals surface area (Å²) in [4.78, 5) is 10.3. The number of carbonyl (C=O) groups is 1. The van der Waals surface area contributed by atoms with E-state index in [9.17, 15) is 4.79 Å². The molecule has 0 aromatic carbocycles. The van der Waals surface area contributed by atoms with E-state index in [1.807, 2.05) is 0 Å². The van der Waals surface area contributed by atoms with Crippen LogP contribution in [0.3, 0.4) is 0 Å². The molecule has 0 aromatic rings. The van der Waals surface area contributed by atoms with Crippen molar-refractivity contribution in [2.75, 3.05) is 0 Å². The summed E-state index contributed by atoms with van der Waals surface area (Å²) in [5, 5.41) is 2.87. The van der Waals surface area contributed by atoms with Crippen LogP contribution in [0.5, 0.6) is 0 Å². The van der Waals surface area contributed by atoms with Crippen molar-refractivity contribution in [2.24, 2.45) is 5.92 Å². The predicted octanol–water partition coefficient (Wildman–Crippen LogP) is 0.285. The first-order valence-corrected chi connectivity index (χ1v) is 3.15. The van der Waals surface area contributed by atoms with Crippen LogP contribution in [0.15, 0.2) is 0 Å². The lowest BCUT2D eigenvalue weighted by molar-refractivity contribution is -0.128. The normalized spacial score (nSPS) is 36.0. The van der Waals surface area contributed by atoms with Crippen LogP contribution in [-0.2, 0) is 4.79 Å². The quantitative estimate of drug-likeness (QED) is 0.484. The van der Waals surface area contributed by atoms with Crippen LogP contribution in [0.1, 0.15) is 19.3 Å². The Hall–Kier alpha value is -0.530. The smallest absolute Gasteiger partial charge is 0.222 e. The topological polar surface area (TPSA) is 29.1 Å². The maximum Gasteiger partial charge on any atom is 0.222 e. The Bertz CT molecular complexity index is 120. The van der Waals surface area contributed by atoms with Crippen molar-refractivity contribution < 1.29 is 4.79 Å². The van der Waals surface area contributed by atoms with Gasteiger partial charge in [-0.15, -0.1) is 0 Å². The summed E-state index contributed by atoms with van der Waals surface area (Å²) in [5.74, 6) is 1.09. The van der Waals surface area contributed by atoms with E-state index in [1.54, 1.807) is 0 Å². The van der Waals surface area contributed by atoms with Gasteiger partial charge in [-0.2, -0.15) is 0 Å². The number of nitrogens with one attached hydrogen (secondary N) is 1. The minimum absolute atomic E-state index is 0.238. The number of hydrogen-bond acceptors (Lipinski definition) is 1. The predicted molar refractivity (Wildman–Crippen MR) is 29.3 cm³/mol. The largest absolute Gasteiger partial charge is 0.353 e. The molecule has 0 spiro atoms. The minimum atomic E-state index is 0.238. The van der Waals surface area contributed by atoms with Gasteiger partial charge in [-0.05, 0) is 18.8 Å². The first-order valence-electron chi connectivity index (χ1n) is 3.15. The second-order valence-electron chi connectivity index (χ2n) is 2.72. The highest BCUT2D eigenvalue weighted by atomic mass is 16.2. The van der Waals surface area contributed by atoms with Crippen LogP contribution in [0.25, 0.3) is 0 Å². The number of rotatable bonds is 1. The second kappa shape index (κ2) is 1.24. The molecule has 2 rings (SSSR count). The SMILES string of the molecule is O=C1C[C@H](C2CC2)N1. The Morgan fingerprint density at radius 1 is 1.50 bits per heavy atom. The molecule has 44 valence electrons. The van der Waals surface area contributed by atoms with E-state index in [1.165, 1.54) is 12.8 Å². The van der Waals surface area contributed by atoms with Crippen LogP contribution in [0, 0.1) is 5.92 Å². The van der Waals surface area contributed by atoms with Gasteiger partial charge in [0.2, 0.25) is 5.91 Å². The van der Waals surface area contributed by atoms with Crippen molar-refractivity contribution in [3.05, 3.63) is 0 Å². The Balaban J connectivity index is 1.86. The summed E-state index contributed by atoms with van der Waals surface area (Å²) in [6, 6.07) is 0.572. The third-order valence-corrected chi connectivity index (χ3v) is 1.94. The van der Waals surface area contributed by atoms with E-state index in [0.29, 0.717) is 6.04 Å². The van der Waals surface area contributed by atoms with E-state index in [0.717, 1.165) is 12.3 Å². The maximum absolute atomic E-state index is 10.3. The van der Waals surface area contributed by atoms with E-state index >= 15 is 0 Å². The molecule has 0 radical (unpaired) electrons. The summed E-state index contributed by atoms with van der Waals surface area (Å²) in [7, 11) is 0. The molecule has 2 nitrogen and oxygen atoms in total. The minimum Gasteiger partial charge on any atom is -0.353 e. The second-order valence-corrected chi connectivity index (χ2v) is 2.72. The van der Waals surface area contributed by atoms with Crippen molar-refractivity contribution >= 4 is 5.91 Å². The third kappa shape index (κ3) is 0.522. The summed E-state index contributed by atoms with van der Waals surface area (Å²) in [5.41, 5.74) is 0. The van der Waals surface area contributed by atoms with Gasteiger partial charge in [0.15, 0.2) is 0 Å². The molecule has 0 bridgehead atoms. The van der Waals surface area contributed by atoms with Crippen molar-refractivity contribution in [3.63, 3.8) is 0 Å². The van der Waals surface area contributed by atoms with E-state index in [4.69, 9.17) is 0 Å². The molecule has 0 aromatic heterocycles. The zero-order chi connectivity index (χ0) is 5.56. The van der Waals surface area contributed by atoms with Crippen LogP contribution in [0.2, 0.25) is 0 Å². The lowest BCUT2D eigenvalue weighted by atomic mass is 10.0. The molecule has 1 saturated heterocycles. The average Bonchev–Trinajstić information content (AvgIpc) is 2.37. The molecule has 1 aliphatic heterocycles. The lowest BCUT2D eigenvalue weighted by Gasteiger charge is -2.26. The molecule has 8 heavy (non-hydrogen) atoms. The van der Waals surface area contributed by atoms with Gasteiger partial charge in [-0.1, -0.05) is 0 Å². The molecule has 0 unspecified atom stereocenters. The van der Waals surface area contributed by atoms with Crippen LogP contribution in [-0.4, -0.2) is 11.9 Å². The van der Waals surface area contributed by atoms with E-state index < -0.39 is 0 Å².